The summed E-state index contributed by atoms with van der Waals surface area (Å²) in [4.78, 5) is 14.9. The lowest BCUT2D eigenvalue weighted by Crippen LogP contribution is -2.20. The molecule has 1 aromatic rings. The van der Waals surface area contributed by atoms with E-state index in [4.69, 9.17) is 17.3 Å². The third-order valence-electron chi connectivity index (χ3n) is 2.43. The molecule has 1 rings (SSSR count). The second-order valence-electron chi connectivity index (χ2n) is 4.38. The van der Waals surface area contributed by atoms with Crippen LogP contribution < -0.4 is 11.1 Å². The van der Waals surface area contributed by atoms with Crippen molar-refractivity contribution in [3.8, 4) is 0 Å². The number of halogens is 1. The van der Waals surface area contributed by atoms with Gasteiger partial charge in [0, 0.05) is 18.5 Å². The van der Waals surface area contributed by atoms with Crippen LogP contribution in [0.3, 0.4) is 0 Å². The topological polar surface area (TPSA) is 102 Å². The van der Waals surface area contributed by atoms with Gasteiger partial charge in [0.25, 0.3) is 0 Å². The van der Waals surface area contributed by atoms with Crippen molar-refractivity contribution in [1.82, 2.24) is 4.98 Å². The first-order valence-corrected chi connectivity index (χ1v) is 8.02. The molecule has 0 aliphatic rings. The first-order chi connectivity index (χ1) is 8.69. The maximum Gasteiger partial charge on any atom is 0.250 e. The highest BCUT2D eigenvalue weighted by molar-refractivity contribution is 7.90. The zero-order valence-electron chi connectivity index (χ0n) is 10.7. The van der Waals surface area contributed by atoms with E-state index in [0.717, 1.165) is 0 Å². The van der Waals surface area contributed by atoms with Crippen LogP contribution in [0.5, 0.6) is 0 Å². The second-order valence-corrected chi connectivity index (χ2v) is 7.05. The van der Waals surface area contributed by atoms with Crippen LogP contribution >= 0.6 is 11.6 Å². The molecule has 3 N–H and O–H groups in total. The number of hydrogen-bond acceptors (Lipinski definition) is 5. The first kappa shape index (κ1) is 15.7. The quantitative estimate of drug-likeness (QED) is 0.818. The van der Waals surface area contributed by atoms with Crippen LogP contribution in [0.1, 0.15) is 23.7 Å². The molecule has 0 radical (unpaired) electrons. The van der Waals surface area contributed by atoms with E-state index in [1.807, 2.05) is 6.92 Å². The van der Waals surface area contributed by atoms with E-state index in [1.54, 1.807) is 0 Å². The number of pyridine rings is 1. The van der Waals surface area contributed by atoms with E-state index >= 15 is 0 Å². The Kier molecular flexibility index (Phi) is 5.13. The molecule has 0 saturated heterocycles. The fourth-order valence-corrected chi connectivity index (χ4v) is 2.38. The van der Waals surface area contributed by atoms with E-state index < -0.39 is 15.7 Å². The summed E-state index contributed by atoms with van der Waals surface area (Å²) in [6, 6.07) is 1.31. The molecule has 106 valence electrons. The van der Waals surface area contributed by atoms with Gasteiger partial charge < -0.3 is 11.1 Å². The largest absolute Gasteiger partial charge is 0.366 e. The lowest BCUT2D eigenvalue weighted by molar-refractivity contribution is 0.1000. The molecule has 1 amide bonds. The number of carbonyl (C=O) groups is 1. The number of aromatic nitrogens is 1. The number of nitrogens with zero attached hydrogens (tertiary/aromatic N) is 1. The van der Waals surface area contributed by atoms with Gasteiger partial charge in [0.05, 0.1) is 16.3 Å². The van der Waals surface area contributed by atoms with Crippen LogP contribution in [0.15, 0.2) is 12.3 Å². The number of nitrogens with one attached hydrogen (secondary N) is 1. The lowest BCUT2D eigenvalue weighted by atomic mass is 10.2. The Morgan fingerprint density at radius 3 is 2.68 bits per heavy atom. The fraction of sp³-hybridized carbons (Fsp3) is 0.455. The monoisotopic (exact) mass is 305 g/mol. The highest BCUT2D eigenvalue weighted by Crippen LogP contribution is 2.21. The van der Waals surface area contributed by atoms with Crippen molar-refractivity contribution in [2.24, 2.45) is 5.73 Å². The minimum atomic E-state index is -2.99. The molecule has 1 aromatic heterocycles. The van der Waals surface area contributed by atoms with Crippen LogP contribution in [0.4, 0.5) is 5.82 Å². The van der Waals surface area contributed by atoms with Gasteiger partial charge in [-0.3, -0.25) is 4.79 Å². The van der Waals surface area contributed by atoms with E-state index in [1.165, 1.54) is 18.5 Å². The normalized spacial score (nSPS) is 13.0. The molecule has 0 bridgehead atoms. The van der Waals surface area contributed by atoms with Gasteiger partial charge >= 0.3 is 0 Å². The Balaban J connectivity index is 2.69. The third kappa shape index (κ3) is 5.44. The SMILES string of the molecule is CC(CCS(C)(=O)=O)Nc1ncc(C(N)=O)cc1Cl. The van der Waals surface area contributed by atoms with E-state index in [2.05, 4.69) is 10.3 Å². The molecular weight excluding hydrogens is 290 g/mol. The third-order valence-corrected chi connectivity index (χ3v) is 3.70. The van der Waals surface area contributed by atoms with Gasteiger partial charge in [-0.1, -0.05) is 11.6 Å². The Morgan fingerprint density at radius 1 is 1.58 bits per heavy atom. The van der Waals surface area contributed by atoms with Crippen molar-refractivity contribution in [2.75, 3.05) is 17.3 Å². The molecule has 0 aliphatic carbocycles. The number of carbonyl (C=O) groups excluding carboxylic acids is 1. The number of anilines is 1. The van der Waals surface area contributed by atoms with Gasteiger partial charge in [0.2, 0.25) is 5.91 Å². The van der Waals surface area contributed by atoms with Gasteiger partial charge in [-0.25, -0.2) is 13.4 Å². The Morgan fingerprint density at radius 2 is 2.21 bits per heavy atom. The number of sulfone groups is 1. The second kappa shape index (κ2) is 6.21. The minimum Gasteiger partial charge on any atom is -0.366 e. The van der Waals surface area contributed by atoms with Gasteiger partial charge in [-0.05, 0) is 19.4 Å². The number of rotatable bonds is 6. The molecule has 0 aromatic carbocycles. The lowest BCUT2D eigenvalue weighted by Gasteiger charge is -2.15. The number of primary amides is 1. The standard InChI is InChI=1S/C11H16ClN3O3S/c1-7(3-4-19(2,17)18)15-11-9(12)5-8(6-14-11)10(13)16/h5-7H,3-4H2,1-2H3,(H2,13,16)(H,14,15). The van der Waals surface area contributed by atoms with Gasteiger partial charge in [0.1, 0.15) is 15.7 Å². The summed E-state index contributed by atoms with van der Waals surface area (Å²) in [7, 11) is -2.99. The fourth-order valence-electron chi connectivity index (χ4n) is 1.38. The zero-order chi connectivity index (χ0) is 14.6. The molecule has 0 fully saturated rings. The predicted octanol–water partition coefficient (Wildman–Crippen LogP) is 1.07. The number of nitrogens with two attached hydrogens (primary N) is 1. The molecule has 1 heterocycles. The smallest absolute Gasteiger partial charge is 0.250 e. The molecule has 0 aliphatic heterocycles. The van der Waals surface area contributed by atoms with E-state index in [-0.39, 0.29) is 22.4 Å². The Hall–Kier alpha value is -1.34. The molecule has 0 saturated carbocycles. The first-order valence-electron chi connectivity index (χ1n) is 5.58. The average Bonchev–Trinajstić information content (AvgIpc) is 2.28. The summed E-state index contributed by atoms with van der Waals surface area (Å²) in [6.07, 6.45) is 2.95. The summed E-state index contributed by atoms with van der Waals surface area (Å²) in [5.41, 5.74) is 5.33. The predicted molar refractivity (Wildman–Crippen MR) is 75.2 cm³/mol. The average molecular weight is 306 g/mol. The molecule has 19 heavy (non-hydrogen) atoms. The van der Waals surface area contributed by atoms with Crippen molar-refractivity contribution < 1.29 is 13.2 Å². The minimum absolute atomic E-state index is 0.0815. The zero-order valence-corrected chi connectivity index (χ0v) is 12.3. The molecule has 0 spiro atoms. The molecule has 6 nitrogen and oxygen atoms in total. The molecule has 1 atom stereocenters. The Bertz CT molecular complexity index is 575. The molecule has 1 unspecified atom stereocenters. The summed E-state index contributed by atoms with van der Waals surface area (Å²) in [5, 5.41) is 3.26. The van der Waals surface area contributed by atoms with Crippen LogP contribution in [-0.4, -0.2) is 37.4 Å². The summed E-state index contributed by atoms with van der Waals surface area (Å²) >= 11 is 5.96. The maximum atomic E-state index is 11.1. The van der Waals surface area contributed by atoms with Crippen LogP contribution in [-0.2, 0) is 9.84 Å². The number of hydrogen-bond donors (Lipinski definition) is 2. The highest BCUT2D eigenvalue weighted by Gasteiger charge is 2.11. The maximum absolute atomic E-state index is 11.1. The van der Waals surface area contributed by atoms with Crippen molar-refractivity contribution in [3.05, 3.63) is 22.8 Å². The van der Waals surface area contributed by atoms with Crippen LogP contribution in [0.2, 0.25) is 5.02 Å². The van der Waals surface area contributed by atoms with Gasteiger partial charge in [-0.2, -0.15) is 0 Å². The Labute approximate surface area is 117 Å². The highest BCUT2D eigenvalue weighted by atomic mass is 35.5. The van der Waals surface area contributed by atoms with Crippen molar-refractivity contribution in [3.63, 3.8) is 0 Å². The molecular formula is C11H16ClN3O3S. The van der Waals surface area contributed by atoms with Gasteiger partial charge in [0.15, 0.2) is 0 Å². The van der Waals surface area contributed by atoms with Crippen LogP contribution in [0.25, 0.3) is 0 Å². The van der Waals surface area contributed by atoms with Crippen LogP contribution in [0, 0.1) is 0 Å². The van der Waals surface area contributed by atoms with Crippen molar-refractivity contribution >= 4 is 33.2 Å². The summed E-state index contributed by atoms with van der Waals surface area (Å²) in [5.74, 6) is -0.128. The van der Waals surface area contributed by atoms with E-state index in [9.17, 15) is 13.2 Å². The van der Waals surface area contributed by atoms with E-state index in [0.29, 0.717) is 12.2 Å². The number of amides is 1. The summed E-state index contributed by atoms with van der Waals surface area (Å²) < 4.78 is 22.1. The van der Waals surface area contributed by atoms with Crippen molar-refractivity contribution in [1.29, 1.82) is 0 Å². The summed E-state index contributed by atoms with van der Waals surface area (Å²) in [6.45, 7) is 1.82. The van der Waals surface area contributed by atoms with Gasteiger partial charge in [-0.15, -0.1) is 0 Å². The molecule has 8 heteroatoms. The van der Waals surface area contributed by atoms with Crippen molar-refractivity contribution in [2.45, 2.75) is 19.4 Å².